The Morgan fingerprint density at radius 2 is 1.00 bits per heavy atom. The minimum atomic E-state index is 0.715. The van der Waals surface area contributed by atoms with Gasteiger partial charge in [0.2, 0.25) is 0 Å². The molecule has 4 heterocycles. The summed E-state index contributed by atoms with van der Waals surface area (Å²) in [4.78, 5) is 19.5. The summed E-state index contributed by atoms with van der Waals surface area (Å²) in [6.45, 7) is 0. The third-order valence-corrected chi connectivity index (χ3v) is 8.89. The average Bonchev–Trinajstić information content (AvgIpc) is 3.58. The molecule has 5 heteroatoms. The Kier molecular flexibility index (Phi) is 7.06. The zero-order chi connectivity index (χ0) is 32.6. The number of fused-ring (bicyclic) bond motifs is 2. The standard InChI is InChI=1S/C44H29N5/c1-3-11-31(12-4-1)39-29-40(47-44(46-39)33-13-5-2-6-14-33)37-24-23-35-27-34(21-22-36(35)28-37)30-17-19-32(20-18-30)43-42(38-15-7-9-25-45-38)48-41-16-8-10-26-49(41)43/h1-29H. The molecule has 9 rings (SSSR count). The molecule has 4 aromatic heterocycles. The van der Waals surface area contributed by atoms with Crippen LogP contribution in [0.25, 0.3) is 84.1 Å². The van der Waals surface area contributed by atoms with Crippen LogP contribution in [0.2, 0.25) is 0 Å². The van der Waals surface area contributed by atoms with Crippen molar-refractivity contribution in [3.63, 3.8) is 0 Å². The van der Waals surface area contributed by atoms with Crippen molar-refractivity contribution in [2.75, 3.05) is 0 Å². The maximum atomic E-state index is 5.02. The molecule has 0 bridgehead atoms. The van der Waals surface area contributed by atoms with E-state index in [1.165, 1.54) is 5.39 Å². The molecule has 0 radical (unpaired) electrons. The van der Waals surface area contributed by atoms with Crippen molar-refractivity contribution in [3.05, 3.63) is 176 Å². The molecule has 0 saturated carbocycles. The Morgan fingerprint density at radius 3 is 1.73 bits per heavy atom. The molecule has 0 spiro atoms. The zero-order valence-corrected chi connectivity index (χ0v) is 26.5. The van der Waals surface area contributed by atoms with Gasteiger partial charge in [0.15, 0.2) is 5.82 Å². The Bertz CT molecular complexity index is 2520. The van der Waals surface area contributed by atoms with E-state index in [2.05, 4.69) is 107 Å². The van der Waals surface area contributed by atoms with Gasteiger partial charge in [-0.15, -0.1) is 0 Å². The predicted octanol–water partition coefficient (Wildman–Crippen LogP) is 10.7. The van der Waals surface area contributed by atoms with Crippen LogP contribution in [0.1, 0.15) is 0 Å². The molecule has 0 N–H and O–H groups in total. The highest BCUT2D eigenvalue weighted by atomic mass is 15.0. The summed E-state index contributed by atoms with van der Waals surface area (Å²) < 4.78 is 2.13. The second-order valence-electron chi connectivity index (χ2n) is 12.0. The van der Waals surface area contributed by atoms with Crippen LogP contribution in [0.5, 0.6) is 0 Å². The predicted molar refractivity (Wildman–Crippen MR) is 199 cm³/mol. The first kappa shape index (κ1) is 28.5. The first-order valence-electron chi connectivity index (χ1n) is 16.3. The molecule has 0 aliphatic rings. The van der Waals surface area contributed by atoms with Crippen molar-refractivity contribution in [1.29, 1.82) is 0 Å². The van der Waals surface area contributed by atoms with Crippen LogP contribution in [-0.4, -0.2) is 24.3 Å². The molecule has 0 saturated heterocycles. The van der Waals surface area contributed by atoms with Gasteiger partial charge < -0.3 is 0 Å². The summed E-state index contributed by atoms with van der Waals surface area (Å²) in [6, 6.07) is 56.5. The minimum Gasteiger partial charge on any atom is -0.299 e. The van der Waals surface area contributed by atoms with Gasteiger partial charge in [0.05, 0.1) is 22.8 Å². The van der Waals surface area contributed by atoms with Crippen molar-refractivity contribution in [2.24, 2.45) is 0 Å². The van der Waals surface area contributed by atoms with Crippen LogP contribution >= 0.6 is 0 Å². The van der Waals surface area contributed by atoms with Gasteiger partial charge in [0.25, 0.3) is 0 Å². The summed E-state index contributed by atoms with van der Waals surface area (Å²) in [5.41, 5.74) is 12.0. The highest BCUT2D eigenvalue weighted by molar-refractivity contribution is 5.91. The Hall–Kier alpha value is -6.72. The maximum Gasteiger partial charge on any atom is 0.160 e. The number of nitrogens with zero attached hydrogens (tertiary/aromatic N) is 5. The summed E-state index contributed by atoms with van der Waals surface area (Å²) >= 11 is 0. The summed E-state index contributed by atoms with van der Waals surface area (Å²) in [5.74, 6) is 0.715. The molecule has 5 nitrogen and oxygen atoms in total. The van der Waals surface area contributed by atoms with Crippen LogP contribution in [0.15, 0.2) is 176 Å². The Balaban J connectivity index is 1.06. The number of imidazole rings is 1. The van der Waals surface area contributed by atoms with E-state index < -0.39 is 0 Å². The van der Waals surface area contributed by atoms with Gasteiger partial charge in [-0.3, -0.25) is 9.38 Å². The molecule has 0 atom stereocenters. The van der Waals surface area contributed by atoms with E-state index >= 15 is 0 Å². The lowest BCUT2D eigenvalue weighted by atomic mass is 9.97. The van der Waals surface area contributed by atoms with E-state index in [4.69, 9.17) is 15.0 Å². The van der Waals surface area contributed by atoms with Gasteiger partial charge in [0, 0.05) is 34.6 Å². The van der Waals surface area contributed by atoms with E-state index in [0.29, 0.717) is 5.82 Å². The second kappa shape index (κ2) is 12.1. The summed E-state index contributed by atoms with van der Waals surface area (Å²) in [5, 5.41) is 2.33. The fraction of sp³-hybridized carbons (Fsp3) is 0. The quantitative estimate of drug-likeness (QED) is 0.184. The molecule has 0 unspecified atom stereocenters. The van der Waals surface area contributed by atoms with Gasteiger partial charge in [0.1, 0.15) is 11.3 Å². The largest absolute Gasteiger partial charge is 0.299 e. The van der Waals surface area contributed by atoms with Gasteiger partial charge in [-0.1, -0.05) is 121 Å². The topological polar surface area (TPSA) is 56.0 Å². The minimum absolute atomic E-state index is 0.715. The SMILES string of the molecule is c1ccc(-c2cc(-c3ccc4cc(-c5ccc(-c6c(-c7ccccn7)nc7ccccn67)cc5)ccc4c3)nc(-c3ccccc3)n2)cc1. The van der Waals surface area contributed by atoms with Crippen LogP contribution < -0.4 is 0 Å². The van der Waals surface area contributed by atoms with E-state index in [0.717, 1.165) is 72.9 Å². The molecule has 0 aliphatic heterocycles. The molecule has 0 aliphatic carbocycles. The lowest BCUT2D eigenvalue weighted by Gasteiger charge is -2.11. The number of benzene rings is 5. The zero-order valence-electron chi connectivity index (χ0n) is 26.5. The van der Waals surface area contributed by atoms with E-state index in [1.807, 2.05) is 79.0 Å². The van der Waals surface area contributed by atoms with Crippen LogP contribution in [0.4, 0.5) is 0 Å². The first-order chi connectivity index (χ1) is 24.3. The number of aromatic nitrogens is 5. The molecular formula is C44H29N5. The molecule has 5 aromatic carbocycles. The monoisotopic (exact) mass is 627 g/mol. The van der Waals surface area contributed by atoms with Crippen LogP contribution in [-0.2, 0) is 0 Å². The second-order valence-corrected chi connectivity index (χ2v) is 12.0. The Labute approximate surface area is 283 Å². The van der Waals surface area contributed by atoms with E-state index in [9.17, 15) is 0 Å². The highest BCUT2D eigenvalue weighted by Gasteiger charge is 2.17. The normalized spacial score (nSPS) is 11.3. The molecule has 0 amide bonds. The van der Waals surface area contributed by atoms with Crippen molar-refractivity contribution < 1.29 is 0 Å². The molecule has 49 heavy (non-hydrogen) atoms. The third kappa shape index (κ3) is 5.43. The van der Waals surface area contributed by atoms with Crippen LogP contribution in [0.3, 0.4) is 0 Å². The lowest BCUT2D eigenvalue weighted by Crippen LogP contribution is -1.95. The Morgan fingerprint density at radius 1 is 0.388 bits per heavy atom. The average molecular weight is 628 g/mol. The van der Waals surface area contributed by atoms with Gasteiger partial charge >= 0.3 is 0 Å². The van der Waals surface area contributed by atoms with Crippen molar-refractivity contribution in [1.82, 2.24) is 24.3 Å². The van der Waals surface area contributed by atoms with Crippen molar-refractivity contribution in [3.8, 4) is 67.7 Å². The fourth-order valence-corrected chi connectivity index (χ4v) is 6.43. The lowest BCUT2D eigenvalue weighted by molar-refractivity contribution is 1.18. The molecule has 0 fully saturated rings. The van der Waals surface area contributed by atoms with E-state index in [-0.39, 0.29) is 0 Å². The van der Waals surface area contributed by atoms with E-state index in [1.54, 1.807) is 0 Å². The van der Waals surface area contributed by atoms with Crippen molar-refractivity contribution in [2.45, 2.75) is 0 Å². The number of rotatable bonds is 6. The first-order valence-corrected chi connectivity index (χ1v) is 16.3. The molecular weight excluding hydrogens is 599 g/mol. The summed E-state index contributed by atoms with van der Waals surface area (Å²) in [6.07, 6.45) is 3.87. The maximum absolute atomic E-state index is 5.02. The smallest absolute Gasteiger partial charge is 0.160 e. The number of pyridine rings is 2. The van der Waals surface area contributed by atoms with Crippen LogP contribution in [0, 0.1) is 0 Å². The summed E-state index contributed by atoms with van der Waals surface area (Å²) in [7, 11) is 0. The number of hydrogen-bond donors (Lipinski definition) is 0. The van der Waals surface area contributed by atoms with Gasteiger partial charge in [-0.05, 0) is 64.4 Å². The number of hydrogen-bond acceptors (Lipinski definition) is 4. The fourth-order valence-electron chi connectivity index (χ4n) is 6.43. The highest BCUT2D eigenvalue weighted by Crippen LogP contribution is 2.35. The van der Waals surface area contributed by atoms with Gasteiger partial charge in [-0.25, -0.2) is 15.0 Å². The van der Waals surface area contributed by atoms with Crippen molar-refractivity contribution >= 4 is 16.4 Å². The third-order valence-electron chi connectivity index (χ3n) is 8.89. The molecule has 9 aromatic rings. The molecule has 230 valence electrons. The van der Waals surface area contributed by atoms with Gasteiger partial charge in [-0.2, -0.15) is 0 Å².